The Hall–Kier alpha value is -1.91. The van der Waals surface area contributed by atoms with E-state index in [9.17, 15) is 4.79 Å². The largest absolute Gasteiger partial charge is 0.334 e. The van der Waals surface area contributed by atoms with Crippen LogP contribution in [0.15, 0.2) is 27.6 Å². The zero-order valence-electron chi connectivity index (χ0n) is 12.1. The number of aryl methyl sites for hydroxylation is 1. The Kier molecular flexibility index (Phi) is 3.00. The van der Waals surface area contributed by atoms with Crippen LogP contribution in [0.1, 0.15) is 38.9 Å². The van der Waals surface area contributed by atoms with E-state index in [1.807, 2.05) is 6.07 Å². The van der Waals surface area contributed by atoms with Gasteiger partial charge in [-0.15, -0.1) is 0 Å². The summed E-state index contributed by atoms with van der Waals surface area (Å²) < 4.78 is 6.85. The highest BCUT2D eigenvalue weighted by atomic mass is 16.5. The molecule has 106 valence electrons. The molecule has 0 aromatic carbocycles. The van der Waals surface area contributed by atoms with Gasteiger partial charge >= 0.3 is 0 Å². The second-order valence-corrected chi connectivity index (χ2v) is 6.14. The molecular weight excluding hydrogens is 254 g/mol. The summed E-state index contributed by atoms with van der Waals surface area (Å²) >= 11 is 0. The second kappa shape index (κ2) is 4.58. The van der Waals surface area contributed by atoms with E-state index in [4.69, 9.17) is 4.52 Å². The van der Waals surface area contributed by atoms with E-state index in [1.54, 1.807) is 13.2 Å². The highest BCUT2D eigenvalue weighted by molar-refractivity contribution is 5.51. The zero-order chi connectivity index (χ0) is 14.3. The third-order valence-corrected chi connectivity index (χ3v) is 4.48. The summed E-state index contributed by atoms with van der Waals surface area (Å²) in [7, 11) is 1.71. The molecule has 2 heterocycles. The van der Waals surface area contributed by atoms with Gasteiger partial charge in [0.15, 0.2) is 5.82 Å². The van der Waals surface area contributed by atoms with Crippen LogP contribution in [0.4, 0.5) is 0 Å². The average Bonchev–Trinajstić information content (AvgIpc) is 2.80. The lowest BCUT2D eigenvalue weighted by Gasteiger charge is -2.37. The lowest BCUT2D eigenvalue weighted by Crippen LogP contribution is -2.34. The van der Waals surface area contributed by atoms with Gasteiger partial charge in [-0.3, -0.25) is 4.79 Å². The van der Waals surface area contributed by atoms with Crippen LogP contribution in [0.5, 0.6) is 0 Å². The molecule has 20 heavy (non-hydrogen) atoms. The predicted octanol–water partition coefficient (Wildman–Crippen LogP) is 2.51. The summed E-state index contributed by atoms with van der Waals surface area (Å²) in [4.78, 5) is 16.2. The standard InChI is InChI=1S/C15H19N3O2/c1-15(2,11-5-4-6-11)14-16-13(20-17-14)10-7-8-18(3)12(19)9-10/h7-9,11H,4-6H2,1-3H3. The molecule has 0 aliphatic heterocycles. The summed E-state index contributed by atoms with van der Waals surface area (Å²) in [5.74, 6) is 1.78. The highest BCUT2D eigenvalue weighted by Gasteiger charge is 2.39. The molecule has 1 aliphatic rings. The van der Waals surface area contributed by atoms with Gasteiger partial charge < -0.3 is 9.09 Å². The van der Waals surface area contributed by atoms with Gasteiger partial charge in [0.2, 0.25) is 0 Å². The third kappa shape index (κ3) is 2.07. The fraction of sp³-hybridized carbons (Fsp3) is 0.533. The Morgan fingerprint density at radius 3 is 2.75 bits per heavy atom. The molecule has 0 bridgehead atoms. The van der Waals surface area contributed by atoms with Crippen LogP contribution in [0.25, 0.3) is 11.5 Å². The normalized spacial score (nSPS) is 16.1. The SMILES string of the molecule is Cn1ccc(-c2nc(C(C)(C)C3CCC3)no2)cc1=O. The Morgan fingerprint density at radius 1 is 1.40 bits per heavy atom. The van der Waals surface area contributed by atoms with Gasteiger partial charge in [-0.05, 0) is 24.8 Å². The zero-order valence-corrected chi connectivity index (χ0v) is 12.1. The smallest absolute Gasteiger partial charge is 0.258 e. The van der Waals surface area contributed by atoms with Crippen LogP contribution in [0, 0.1) is 5.92 Å². The molecule has 3 rings (SSSR count). The van der Waals surface area contributed by atoms with Crippen molar-refractivity contribution in [1.82, 2.24) is 14.7 Å². The maximum atomic E-state index is 11.7. The fourth-order valence-electron chi connectivity index (χ4n) is 2.60. The summed E-state index contributed by atoms with van der Waals surface area (Å²) in [5.41, 5.74) is 0.525. The van der Waals surface area contributed by atoms with Crippen molar-refractivity contribution in [1.29, 1.82) is 0 Å². The average molecular weight is 273 g/mol. The maximum absolute atomic E-state index is 11.7. The first-order chi connectivity index (χ1) is 9.48. The number of pyridine rings is 1. The van der Waals surface area contributed by atoms with Crippen molar-refractivity contribution >= 4 is 0 Å². The molecule has 0 spiro atoms. The molecule has 0 radical (unpaired) electrons. The lowest BCUT2D eigenvalue weighted by molar-refractivity contribution is 0.181. The molecule has 1 saturated carbocycles. The number of nitrogens with zero attached hydrogens (tertiary/aromatic N) is 3. The van der Waals surface area contributed by atoms with Crippen molar-refractivity contribution in [3.8, 4) is 11.5 Å². The van der Waals surface area contributed by atoms with E-state index in [1.165, 1.54) is 29.9 Å². The summed E-state index contributed by atoms with van der Waals surface area (Å²) in [5, 5.41) is 4.12. The van der Waals surface area contributed by atoms with Gasteiger partial charge in [0.25, 0.3) is 11.4 Å². The van der Waals surface area contributed by atoms with Crippen molar-refractivity contribution < 1.29 is 4.52 Å². The minimum atomic E-state index is -0.0829. The lowest BCUT2D eigenvalue weighted by atomic mass is 9.67. The first-order valence-electron chi connectivity index (χ1n) is 7.00. The molecule has 0 amide bonds. The van der Waals surface area contributed by atoms with Crippen molar-refractivity contribution in [3.63, 3.8) is 0 Å². The van der Waals surface area contributed by atoms with Gasteiger partial charge in [0.1, 0.15) is 0 Å². The van der Waals surface area contributed by atoms with Crippen LogP contribution < -0.4 is 5.56 Å². The van der Waals surface area contributed by atoms with E-state index in [0.717, 1.165) is 5.82 Å². The summed E-state index contributed by atoms with van der Waals surface area (Å²) in [6.07, 6.45) is 5.44. The van der Waals surface area contributed by atoms with E-state index in [-0.39, 0.29) is 11.0 Å². The molecule has 1 aliphatic carbocycles. The maximum Gasteiger partial charge on any atom is 0.258 e. The monoisotopic (exact) mass is 273 g/mol. The fourth-order valence-corrected chi connectivity index (χ4v) is 2.60. The van der Waals surface area contributed by atoms with E-state index in [0.29, 0.717) is 17.4 Å². The topological polar surface area (TPSA) is 60.9 Å². The van der Waals surface area contributed by atoms with E-state index >= 15 is 0 Å². The molecule has 2 aromatic heterocycles. The number of aromatic nitrogens is 3. The Balaban J connectivity index is 1.93. The van der Waals surface area contributed by atoms with Crippen molar-refractivity contribution in [2.45, 2.75) is 38.5 Å². The Labute approximate surface area is 117 Å². The first-order valence-corrected chi connectivity index (χ1v) is 7.00. The minimum Gasteiger partial charge on any atom is -0.334 e. The molecule has 1 fully saturated rings. The third-order valence-electron chi connectivity index (χ3n) is 4.48. The van der Waals surface area contributed by atoms with Gasteiger partial charge in [-0.25, -0.2) is 0 Å². The number of rotatable bonds is 3. The second-order valence-electron chi connectivity index (χ2n) is 6.14. The molecule has 2 aromatic rings. The molecule has 0 unspecified atom stereocenters. The van der Waals surface area contributed by atoms with Crippen molar-refractivity contribution in [2.75, 3.05) is 0 Å². The van der Waals surface area contributed by atoms with Gasteiger partial charge in [0, 0.05) is 30.3 Å². The molecule has 0 saturated heterocycles. The van der Waals surface area contributed by atoms with E-state index in [2.05, 4.69) is 24.0 Å². The first kappa shape index (κ1) is 13.1. The van der Waals surface area contributed by atoms with Gasteiger partial charge in [-0.1, -0.05) is 25.4 Å². The quantitative estimate of drug-likeness (QED) is 0.862. The summed E-state index contributed by atoms with van der Waals surface area (Å²) in [6, 6.07) is 3.34. The molecule has 5 heteroatoms. The predicted molar refractivity (Wildman–Crippen MR) is 75.3 cm³/mol. The molecule has 0 N–H and O–H groups in total. The summed E-state index contributed by atoms with van der Waals surface area (Å²) in [6.45, 7) is 4.32. The van der Waals surface area contributed by atoms with Crippen molar-refractivity contribution in [3.05, 3.63) is 34.5 Å². The van der Waals surface area contributed by atoms with Crippen molar-refractivity contribution in [2.24, 2.45) is 13.0 Å². The van der Waals surface area contributed by atoms with Gasteiger partial charge in [-0.2, -0.15) is 4.98 Å². The van der Waals surface area contributed by atoms with Crippen LogP contribution in [-0.2, 0) is 12.5 Å². The van der Waals surface area contributed by atoms with Crippen LogP contribution in [-0.4, -0.2) is 14.7 Å². The van der Waals surface area contributed by atoms with Crippen LogP contribution in [0.3, 0.4) is 0 Å². The Morgan fingerprint density at radius 2 is 2.15 bits per heavy atom. The highest BCUT2D eigenvalue weighted by Crippen LogP contribution is 2.42. The minimum absolute atomic E-state index is 0.0697. The molecule has 0 atom stereocenters. The van der Waals surface area contributed by atoms with E-state index < -0.39 is 0 Å². The molecular formula is C15H19N3O2. The van der Waals surface area contributed by atoms with Gasteiger partial charge in [0.05, 0.1) is 0 Å². The van der Waals surface area contributed by atoms with Crippen LogP contribution >= 0.6 is 0 Å². The Bertz CT molecular complexity index is 680. The molecule has 5 nitrogen and oxygen atoms in total. The number of hydrogen-bond acceptors (Lipinski definition) is 4. The van der Waals surface area contributed by atoms with Crippen LogP contribution in [0.2, 0.25) is 0 Å². The number of hydrogen-bond donors (Lipinski definition) is 0.